The first-order valence-electron chi connectivity index (χ1n) is 6.10. The lowest BCUT2D eigenvalue weighted by Crippen LogP contribution is -2.08. The molecule has 0 spiro atoms. The van der Waals surface area contributed by atoms with Crippen LogP contribution < -0.4 is 0 Å². The fraction of sp³-hybridized carbons (Fsp3) is 0.429. The number of aromatic nitrogens is 1. The Morgan fingerprint density at radius 3 is 2.83 bits per heavy atom. The fourth-order valence-electron chi connectivity index (χ4n) is 1.95. The monoisotopic (exact) mass is 249 g/mol. The van der Waals surface area contributed by atoms with Crippen molar-refractivity contribution in [3.8, 4) is 0 Å². The zero-order chi connectivity index (χ0) is 12.8. The van der Waals surface area contributed by atoms with Crippen LogP contribution in [0.4, 0.5) is 0 Å². The second-order valence-electron chi connectivity index (χ2n) is 4.17. The lowest BCUT2D eigenvalue weighted by molar-refractivity contribution is 0.0670. The molecule has 1 aromatic carbocycles. The van der Waals surface area contributed by atoms with Gasteiger partial charge in [0.15, 0.2) is 0 Å². The predicted molar refractivity (Wildman–Crippen MR) is 70.6 cm³/mol. The van der Waals surface area contributed by atoms with E-state index in [2.05, 4.69) is 10.6 Å². The minimum absolute atomic E-state index is 0.0846. The zero-order valence-electron chi connectivity index (χ0n) is 10.6. The maximum atomic E-state index is 9.09. The van der Waals surface area contributed by atoms with Crippen LogP contribution in [0, 0.1) is 0 Å². The van der Waals surface area contributed by atoms with E-state index in [0.717, 1.165) is 17.5 Å². The van der Waals surface area contributed by atoms with Gasteiger partial charge in [0.1, 0.15) is 0 Å². The van der Waals surface area contributed by atoms with Gasteiger partial charge in [-0.25, -0.2) is 0 Å². The van der Waals surface area contributed by atoms with Gasteiger partial charge in [-0.05, 0) is 29.1 Å². The predicted octanol–water partition coefficient (Wildman–Crippen LogP) is 1.80. The molecule has 0 bridgehead atoms. The van der Waals surface area contributed by atoms with Gasteiger partial charge < -0.3 is 19.1 Å². The van der Waals surface area contributed by atoms with Gasteiger partial charge in [0.25, 0.3) is 0 Å². The average molecular weight is 249 g/mol. The summed E-state index contributed by atoms with van der Waals surface area (Å²) in [5.41, 5.74) is 2.11. The molecule has 2 aromatic rings. The first-order valence-corrected chi connectivity index (χ1v) is 6.10. The molecule has 0 radical (unpaired) electrons. The molecular weight excluding hydrogens is 230 g/mol. The molecule has 0 aliphatic carbocycles. The molecule has 0 atom stereocenters. The molecule has 0 fully saturated rings. The van der Waals surface area contributed by atoms with E-state index in [1.165, 1.54) is 5.52 Å². The number of aliphatic hydroxyl groups excluding tert-OH is 1. The number of benzene rings is 1. The second kappa shape index (κ2) is 6.54. The van der Waals surface area contributed by atoms with Crippen molar-refractivity contribution >= 4 is 10.9 Å². The number of fused-ring (bicyclic) bond motifs is 1. The molecular formula is C14H19NO3. The highest BCUT2D eigenvalue weighted by Crippen LogP contribution is 2.17. The summed E-state index contributed by atoms with van der Waals surface area (Å²) in [5, 5.41) is 10.2. The molecule has 2 rings (SSSR count). The normalized spacial score (nSPS) is 11.2. The van der Waals surface area contributed by atoms with Gasteiger partial charge in [0.2, 0.25) is 0 Å². The van der Waals surface area contributed by atoms with Gasteiger partial charge in [0.05, 0.1) is 26.4 Å². The molecule has 4 nitrogen and oxygen atoms in total. The SMILES string of the molecule is COCCOCCn1ccc2cc(CO)ccc21. The molecule has 1 aromatic heterocycles. The van der Waals surface area contributed by atoms with E-state index in [1.807, 2.05) is 24.4 Å². The molecule has 98 valence electrons. The molecule has 18 heavy (non-hydrogen) atoms. The summed E-state index contributed by atoms with van der Waals surface area (Å²) in [7, 11) is 1.67. The number of ether oxygens (including phenoxy) is 2. The van der Waals surface area contributed by atoms with E-state index < -0.39 is 0 Å². The van der Waals surface area contributed by atoms with Crippen molar-refractivity contribution in [3.05, 3.63) is 36.0 Å². The van der Waals surface area contributed by atoms with Crippen molar-refractivity contribution in [2.75, 3.05) is 26.9 Å². The minimum atomic E-state index is 0.0846. The van der Waals surface area contributed by atoms with Gasteiger partial charge in [0, 0.05) is 25.4 Å². The van der Waals surface area contributed by atoms with Gasteiger partial charge in [-0.2, -0.15) is 0 Å². The van der Waals surface area contributed by atoms with Crippen molar-refractivity contribution in [1.82, 2.24) is 4.57 Å². The Balaban J connectivity index is 1.97. The highest BCUT2D eigenvalue weighted by molar-refractivity contribution is 5.80. The summed E-state index contributed by atoms with van der Waals surface area (Å²) >= 11 is 0. The third-order valence-corrected chi connectivity index (χ3v) is 2.93. The standard InChI is InChI=1S/C14H19NO3/c1-17-8-9-18-7-6-15-5-4-13-10-12(11-16)2-3-14(13)15/h2-5,10,16H,6-9,11H2,1H3. The van der Waals surface area contributed by atoms with Crippen LogP contribution in [0.1, 0.15) is 5.56 Å². The summed E-state index contributed by atoms with van der Waals surface area (Å²) in [6.45, 7) is 2.85. The van der Waals surface area contributed by atoms with Crippen LogP contribution in [0.25, 0.3) is 10.9 Å². The Hall–Kier alpha value is -1.36. The third kappa shape index (κ3) is 3.10. The summed E-state index contributed by atoms with van der Waals surface area (Å²) in [6, 6.07) is 8.06. The Bertz CT molecular complexity index is 493. The highest BCUT2D eigenvalue weighted by atomic mass is 16.5. The zero-order valence-corrected chi connectivity index (χ0v) is 10.6. The maximum absolute atomic E-state index is 9.09. The van der Waals surface area contributed by atoms with Crippen molar-refractivity contribution in [2.24, 2.45) is 0 Å². The molecule has 0 aliphatic rings. The van der Waals surface area contributed by atoms with E-state index in [4.69, 9.17) is 14.6 Å². The minimum Gasteiger partial charge on any atom is -0.392 e. The third-order valence-electron chi connectivity index (χ3n) is 2.93. The lowest BCUT2D eigenvalue weighted by atomic mass is 10.2. The second-order valence-corrected chi connectivity index (χ2v) is 4.17. The van der Waals surface area contributed by atoms with Crippen LogP contribution >= 0.6 is 0 Å². The van der Waals surface area contributed by atoms with Crippen LogP contribution in [0.3, 0.4) is 0 Å². The van der Waals surface area contributed by atoms with Crippen LogP contribution in [0.2, 0.25) is 0 Å². The largest absolute Gasteiger partial charge is 0.392 e. The summed E-state index contributed by atoms with van der Waals surface area (Å²) in [4.78, 5) is 0. The first-order chi connectivity index (χ1) is 8.85. The average Bonchev–Trinajstić information content (AvgIpc) is 2.81. The molecule has 0 amide bonds. The molecule has 0 saturated carbocycles. The summed E-state index contributed by atoms with van der Waals surface area (Å²) in [5.74, 6) is 0. The van der Waals surface area contributed by atoms with Gasteiger partial charge in [-0.15, -0.1) is 0 Å². The van der Waals surface area contributed by atoms with Crippen LogP contribution in [0.15, 0.2) is 30.5 Å². The lowest BCUT2D eigenvalue weighted by Gasteiger charge is -2.07. The number of methoxy groups -OCH3 is 1. The van der Waals surface area contributed by atoms with Crippen molar-refractivity contribution in [3.63, 3.8) is 0 Å². The van der Waals surface area contributed by atoms with Gasteiger partial charge in [-0.1, -0.05) is 6.07 Å². The molecule has 1 N–H and O–H groups in total. The van der Waals surface area contributed by atoms with Crippen molar-refractivity contribution < 1.29 is 14.6 Å². The van der Waals surface area contributed by atoms with E-state index in [-0.39, 0.29) is 6.61 Å². The molecule has 1 heterocycles. The molecule has 0 aliphatic heterocycles. The van der Waals surface area contributed by atoms with Crippen LogP contribution in [-0.4, -0.2) is 36.6 Å². The molecule has 0 saturated heterocycles. The number of hydrogen-bond acceptors (Lipinski definition) is 3. The number of nitrogens with zero attached hydrogens (tertiary/aromatic N) is 1. The first kappa shape index (κ1) is 13.1. The van der Waals surface area contributed by atoms with Crippen LogP contribution in [-0.2, 0) is 22.6 Å². The smallest absolute Gasteiger partial charge is 0.0701 e. The van der Waals surface area contributed by atoms with Gasteiger partial charge in [-0.3, -0.25) is 0 Å². The summed E-state index contributed by atoms with van der Waals surface area (Å²) in [6.07, 6.45) is 2.05. The molecule has 4 heteroatoms. The Kier molecular flexibility index (Phi) is 4.75. The number of hydrogen-bond donors (Lipinski definition) is 1. The number of rotatable bonds is 7. The fourth-order valence-corrected chi connectivity index (χ4v) is 1.95. The Morgan fingerprint density at radius 2 is 2.06 bits per heavy atom. The summed E-state index contributed by atoms with van der Waals surface area (Å²) < 4.78 is 12.5. The van der Waals surface area contributed by atoms with E-state index in [1.54, 1.807) is 7.11 Å². The molecule has 0 unspecified atom stereocenters. The van der Waals surface area contributed by atoms with Crippen molar-refractivity contribution in [1.29, 1.82) is 0 Å². The van der Waals surface area contributed by atoms with E-state index in [0.29, 0.717) is 19.8 Å². The Labute approximate surface area is 107 Å². The maximum Gasteiger partial charge on any atom is 0.0701 e. The quantitative estimate of drug-likeness (QED) is 0.761. The Morgan fingerprint density at radius 1 is 1.17 bits per heavy atom. The van der Waals surface area contributed by atoms with Gasteiger partial charge >= 0.3 is 0 Å². The van der Waals surface area contributed by atoms with Crippen molar-refractivity contribution in [2.45, 2.75) is 13.2 Å². The topological polar surface area (TPSA) is 43.6 Å². The van der Waals surface area contributed by atoms with E-state index >= 15 is 0 Å². The highest BCUT2D eigenvalue weighted by Gasteiger charge is 2.01. The van der Waals surface area contributed by atoms with E-state index in [9.17, 15) is 0 Å². The number of aliphatic hydroxyl groups is 1. The van der Waals surface area contributed by atoms with Crippen LogP contribution in [0.5, 0.6) is 0 Å².